The van der Waals surface area contributed by atoms with Crippen molar-refractivity contribution in [1.29, 1.82) is 0 Å². The van der Waals surface area contributed by atoms with Crippen LogP contribution in [0.1, 0.15) is 44.1 Å². The zero-order valence-corrected chi connectivity index (χ0v) is 11.2. The molecule has 1 rings (SSSR count). The maximum absolute atomic E-state index is 10.8. The van der Waals surface area contributed by atoms with Crippen molar-refractivity contribution in [3.63, 3.8) is 0 Å². The zero-order chi connectivity index (χ0) is 13.5. The molecule has 1 unspecified atom stereocenters. The van der Waals surface area contributed by atoms with Crippen LogP contribution in [-0.2, 0) is 22.4 Å². The van der Waals surface area contributed by atoms with Crippen molar-refractivity contribution in [2.24, 2.45) is 0 Å². The lowest BCUT2D eigenvalue weighted by Gasteiger charge is -2.14. The molecule has 1 aromatic rings. The highest BCUT2D eigenvalue weighted by molar-refractivity contribution is 5.69. The first kappa shape index (κ1) is 14.6. The van der Waals surface area contributed by atoms with Crippen molar-refractivity contribution >= 4 is 5.97 Å². The molecular formula is C12H21N3O3. The minimum atomic E-state index is -0.871. The fourth-order valence-corrected chi connectivity index (χ4v) is 1.89. The summed E-state index contributed by atoms with van der Waals surface area (Å²) in [6, 6.07) is 0.168. The number of ether oxygens (including phenoxy) is 1. The second-order valence-electron chi connectivity index (χ2n) is 4.38. The van der Waals surface area contributed by atoms with Gasteiger partial charge in [-0.2, -0.15) is 0 Å². The molecule has 1 heterocycles. The molecule has 0 aliphatic heterocycles. The van der Waals surface area contributed by atoms with Crippen LogP contribution in [0.3, 0.4) is 0 Å². The van der Waals surface area contributed by atoms with Gasteiger partial charge in [0.2, 0.25) is 0 Å². The summed E-state index contributed by atoms with van der Waals surface area (Å²) in [7, 11) is 1.66. The number of methoxy groups -OCH3 is 1. The highest BCUT2D eigenvalue weighted by atomic mass is 16.5. The molecule has 102 valence electrons. The average Bonchev–Trinajstić information content (AvgIpc) is 2.69. The largest absolute Gasteiger partial charge is 0.481 e. The molecule has 1 atom stereocenters. The Balaban J connectivity index is 2.89. The molecular weight excluding hydrogens is 234 g/mol. The van der Waals surface area contributed by atoms with E-state index in [9.17, 15) is 4.79 Å². The number of carboxylic acids is 1. The van der Waals surface area contributed by atoms with Crippen LogP contribution in [0, 0.1) is 0 Å². The molecule has 0 radical (unpaired) electrons. The summed E-state index contributed by atoms with van der Waals surface area (Å²) < 4.78 is 6.88. The lowest BCUT2D eigenvalue weighted by atomic mass is 10.1. The first-order chi connectivity index (χ1) is 8.60. The van der Waals surface area contributed by atoms with Gasteiger partial charge in [-0.25, -0.2) is 4.68 Å². The Bertz CT molecular complexity index is 390. The monoisotopic (exact) mass is 255 g/mol. The highest BCUT2D eigenvalue weighted by Crippen LogP contribution is 2.17. The van der Waals surface area contributed by atoms with Gasteiger partial charge in [-0.3, -0.25) is 4.79 Å². The van der Waals surface area contributed by atoms with Crippen molar-refractivity contribution in [3.05, 3.63) is 11.4 Å². The molecule has 0 saturated carbocycles. The van der Waals surface area contributed by atoms with E-state index in [1.54, 1.807) is 7.11 Å². The van der Waals surface area contributed by atoms with Gasteiger partial charge in [0.15, 0.2) is 0 Å². The quantitative estimate of drug-likeness (QED) is 0.760. The fraction of sp³-hybridized carbons (Fsp3) is 0.750. The Hall–Kier alpha value is -1.43. The van der Waals surface area contributed by atoms with Crippen molar-refractivity contribution in [1.82, 2.24) is 15.0 Å². The summed E-state index contributed by atoms with van der Waals surface area (Å²) >= 11 is 0. The van der Waals surface area contributed by atoms with E-state index >= 15 is 0 Å². The normalized spacial score (nSPS) is 12.6. The van der Waals surface area contributed by atoms with Gasteiger partial charge in [-0.1, -0.05) is 18.6 Å². The molecule has 0 aromatic carbocycles. The predicted molar refractivity (Wildman–Crippen MR) is 66.6 cm³/mol. The summed E-state index contributed by atoms with van der Waals surface area (Å²) in [5, 5.41) is 16.9. The number of hydrogen-bond acceptors (Lipinski definition) is 4. The molecule has 6 heteroatoms. The van der Waals surface area contributed by atoms with Gasteiger partial charge in [0.25, 0.3) is 0 Å². The number of carbonyl (C=O) groups is 1. The van der Waals surface area contributed by atoms with Gasteiger partial charge >= 0.3 is 5.97 Å². The van der Waals surface area contributed by atoms with Crippen LogP contribution < -0.4 is 0 Å². The minimum absolute atomic E-state index is 0.0632. The maximum Gasteiger partial charge on any atom is 0.309 e. The first-order valence-corrected chi connectivity index (χ1v) is 6.23. The average molecular weight is 255 g/mol. The van der Waals surface area contributed by atoms with E-state index in [1.165, 1.54) is 0 Å². The third-order valence-corrected chi connectivity index (χ3v) is 2.83. The van der Waals surface area contributed by atoms with E-state index in [-0.39, 0.29) is 12.5 Å². The van der Waals surface area contributed by atoms with Gasteiger partial charge in [0.05, 0.1) is 23.9 Å². The topological polar surface area (TPSA) is 77.2 Å². The summed E-state index contributed by atoms with van der Waals surface area (Å²) in [6.07, 6.45) is 2.51. The number of rotatable bonds is 8. The molecule has 0 aliphatic rings. The Kier molecular flexibility index (Phi) is 5.77. The molecule has 18 heavy (non-hydrogen) atoms. The van der Waals surface area contributed by atoms with E-state index < -0.39 is 5.97 Å². The molecule has 0 bridgehead atoms. The minimum Gasteiger partial charge on any atom is -0.481 e. The van der Waals surface area contributed by atoms with Gasteiger partial charge in [-0.15, -0.1) is 5.10 Å². The van der Waals surface area contributed by atoms with Crippen LogP contribution in [-0.4, -0.2) is 39.8 Å². The Labute approximate surface area is 107 Å². The second-order valence-corrected chi connectivity index (χ2v) is 4.38. The molecule has 0 fully saturated rings. The molecule has 0 aliphatic carbocycles. The standard InChI is InChI=1S/C12H21N3O3/c1-4-5-11-10(8-12(16)17)13-14-15(11)9(2)6-7-18-3/h9H,4-8H2,1-3H3,(H,16,17). The van der Waals surface area contributed by atoms with Crippen molar-refractivity contribution < 1.29 is 14.6 Å². The van der Waals surface area contributed by atoms with E-state index in [4.69, 9.17) is 9.84 Å². The number of carboxylic acid groups (broad SMARTS) is 1. The van der Waals surface area contributed by atoms with Crippen molar-refractivity contribution in [2.75, 3.05) is 13.7 Å². The molecule has 0 saturated heterocycles. The number of aliphatic carboxylic acids is 1. The van der Waals surface area contributed by atoms with Crippen molar-refractivity contribution in [2.45, 2.75) is 45.6 Å². The predicted octanol–water partition coefficient (Wildman–Crippen LogP) is 1.46. The first-order valence-electron chi connectivity index (χ1n) is 6.23. The lowest BCUT2D eigenvalue weighted by Crippen LogP contribution is -2.14. The van der Waals surface area contributed by atoms with Crippen LogP contribution in [0.5, 0.6) is 0 Å². The van der Waals surface area contributed by atoms with Crippen LogP contribution in [0.2, 0.25) is 0 Å². The van der Waals surface area contributed by atoms with E-state index in [2.05, 4.69) is 17.2 Å². The fourth-order valence-electron chi connectivity index (χ4n) is 1.89. The van der Waals surface area contributed by atoms with Gasteiger partial charge in [0.1, 0.15) is 0 Å². The molecule has 0 spiro atoms. The summed E-state index contributed by atoms with van der Waals surface area (Å²) in [4.78, 5) is 10.8. The van der Waals surface area contributed by atoms with Gasteiger partial charge in [0, 0.05) is 13.7 Å². The zero-order valence-electron chi connectivity index (χ0n) is 11.2. The molecule has 6 nitrogen and oxygen atoms in total. The van der Waals surface area contributed by atoms with Gasteiger partial charge < -0.3 is 9.84 Å². The smallest absolute Gasteiger partial charge is 0.309 e. The summed E-state index contributed by atoms with van der Waals surface area (Å²) in [6.45, 7) is 4.75. The number of nitrogens with zero attached hydrogens (tertiary/aromatic N) is 3. The number of hydrogen-bond donors (Lipinski definition) is 1. The Morgan fingerprint density at radius 3 is 2.83 bits per heavy atom. The second kappa shape index (κ2) is 7.10. The van der Waals surface area contributed by atoms with Crippen LogP contribution in [0.25, 0.3) is 0 Å². The third-order valence-electron chi connectivity index (χ3n) is 2.83. The van der Waals surface area contributed by atoms with Crippen LogP contribution in [0.15, 0.2) is 0 Å². The SMILES string of the molecule is CCCc1c(CC(=O)O)nnn1C(C)CCOC. The number of aromatic nitrogens is 3. The molecule has 0 amide bonds. The Morgan fingerprint density at radius 2 is 2.28 bits per heavy atom. The van der Waals surface area contributed by atoms with Crippen molar-refractivity contribution in [3.8, 4) is 0 Å². The van der Waals surface area contributed by atoms with E-state index in [0.717, 1.165) is 25.0 Å². The third kappa shape index (κ3) is 3.80. The van der Waals surface area contributed by atoms with Crippen LogP contribution >= 0.6 is 0 Å². The molecule has 1 N–H and O–H groups in total. The highest BCUT2D eigenvalue weighted by Gasteiger charge is 2.18. The van der Waals surface area contributed by atoms with E-state index in [1.807, 2.05) is 11.6 Å². The van der Waals surface area contributed by atoms with E-state index in [0.29, 0.717) is 12.3 Å². The van der Waals surface area contributed by atoms with Crippen LogP contribution in [0.4, 0.5) is 0 Å². The van der Waals surface area contributed by atoms with Gasteiger partial charge in [-0.05, 0) is 19.8 Å². The molecule has 1 aromatic heterocycles. The Morgan fingerprint density at radius 1 is 1.56 bits per heavy atom. The summed E-state index contributed by atoms with van der Waals surface area (Å²) in [5.41, 5.74) is 1.51. The summed E-state index contributed by atoms with van der Waals surface area (Å²) in [5.74, 6) is -0.871. The maximum atomic E-state index is 10.8. The lowest BCUT2D eigenvalue weighted by molar-refractivity contribution is -0.136.